The maximum absolute atomic E-state index is 13.0. The number of fused-ring (bicyclic) bond motifs is 2. The number of carbonyl (C=O) groups is 1. The molecule has 0 unspecified atom stereocenters. The number of nitrogens with zero attached hydrogens (tertiary/aromatic N) is 7. The summed E-state index contributed by atoms with van der Waals surface area (Å²) in [6.07, 6.45) is 4.38. The first-order valence-corrected chi connectivity index (χ1v) is 9.46. The minimum absolute atomic E-state index is 0.125. The molecule has 154 valence electrons. The highest BCUT2D eigenvalue weighted by molar-refractivity contribution is 6.01. The van der Waals surface area contributed by atoms with Crippen LogP contribution in [0.5, 0.6) is 5.75 Å². The molecule has 0 bridgehead atoms. The summed E-state index contributed by atoms with van der Waals surface area (Å²) in [7, 11) is 0. The highest BCUT2D eigenvalue weighted by atomic mass is 16.6. The first kappa shape index (κ1) is 18.2. The van der Waals surface area contributed by atoms with Gasteiger partial charge >= 0.3 is 5.69 Å². The minimum atomic E-state index is -0.537. The van der Waals surface area contributed by atoms with Crippen molar-refractivity contribution >= 4 is 22.5 Å². The van der Waals surface area contributed by atoms with Crippen molar-refractivity contribution in [1.82, 2.24) is 29.7 Å². The molecule has 12 heteroatoms. The molecule has 2 aromatic heterocycles. The van der Waals surface area contributed by atoms with Crippen molar-refractivity contribution in [3.8, 4) is 5.75 Å². The molecule has 3 heterocycles. The molecular weight excluding hydrogens is 394 g/mol. The minimum Gasteiger partial charge on any atom is -0.472 e. The van der Waals surface area contributed by atoms with E-state index in [1.165, 1.54) is 21.6 Å². The second-order valence-electron chi connectivity index (χ2n) is 7.51. The number of hydrogen-bond donors (Lipinski definition) is 0. The van der Waals surface area contributed by atoms with E-state index in [0.717, 1.165) is 19.0 Å². The zero-order valence-corrected chi connectivity index (χ0v) is 16.0. The third-order valence-corrected chi connectivity index (χ3v) is 5.32. The van der Waals surface area contributed by atoms with Crippen molar-refractivity contribution < 1.29 is 14.5 Å². The normalized spacial score (nSPS) is 17.0. The van der Waals surface area contributed by atoms with Crippen LogP contribution >= 0.6 is 0 Å². The van der Waals surface area contributed by atoms with Crippen molar-refractivity contribution in [2.24, 2.45) is 0 Å². The van der Waals surface area contributed by atoms with E-state index in [0.29, 0.717) is 16.8 Å². The van der Waals surface area contributed by atoms with Gasteiger partial charge in [0.1, 0.15) is 23.7 Å². The Kier molecular flexibility index (Phi) is 4.01. The van der Waals surface area contributed by atoms with Gasteiger partial charge in [-0.2, -0.15) is 5.10 Å². The van der Waals surface area contributed by atoms with Gasteiger partial charge in [0.15, 0.2) is 6.73 Å². The average Bonchev–Trinajstić information content (AvgIpc) is 3.45. The van der Waals surface area contributed by atoms with Gasteiger partial charge in [0.2, 0.25) is 0 Å². The van der Waals surface area contributed by atoms with Crippen molar-refractivity contribution in [3.05, 3.63) is 50.6 Å². The van der Waals surface area contributed by atoms with Gasteiger partial charge in [-0.15, -0.1) is 5.10 Å². The van der Waals surface area contributed by atoms with Gasteiger partial charge in [-0.05, 0) is 31.9 Å². The molecule has 12 nitrogen and oxygen atoms in total. The Hall–Kier alpha value is -3.83. The molecule has 1 atom stereocenters. The van der Waals surface area contributed by atoms with Gasteiger partial charge in [-0.3, -0.25) is 24.4 Å². The standard InChI is InChI=1S/C18H17N7O5/c1-10(7-22-8-12(6-19-22)25(28)29)24-18(27)13-5-16-14(4-15(13)20-21-24)17(26)23(9-30-16)11-2-3-11/h4-6,8,10-11H,2-3,7,9H2,1H3/t10-/m1/s1. The number of aromatic nitrogens is 5. The fourth-order valence-corrected chi connectivity index (χ4v) is 3.56. The van der Waals surface area contributed by atoms with Crippen molar-refractivity contribution in [2.45, 2.75) is 38.4 Å². The van der Waals surface area contributed by atoms with Crippen LogP contribution in [-0.4, -0.2) is 53.3 Å². The number of benzene rings is 1. The summed E-state index contributed by atoms with van der Waals surface area (Å²) in [5.41, 5.74) is 0.168. The van der Waals surface area contributed by atoms with E-state index in [4.69, 9.17) is 4.74 Å². The molecule has 3 aromatic rings. The summed E-state index contributed by atoms with van der Waals surface area (Å²) in [4.78, 5) is 37.7. The SMILES string of the molecule is C[C@H](Cn1cc([N+](=O)[O-])cn1)n1nnc2cc3c(cc2c1=O)OCN(C1CC1)C3=O. The molecule has 0 saturated heterocycles. The number of nitro groups is 1. The average molecular weight is 411 g/mol. The Balaban J connectivity index is 1.47. The smallest absolute Gasteiger partial charge is 0.306 e. The lowest BCUT2D eigenvalue weighted by atomic mass is 10.1. The van der Waals surface area contributed by atoms with Crippen LogP contribution in [0.4, 0.5) is 5.69 Å². The van der Waals surface area contributed by atoms with E-state index in [1.807, 2.05) is 0 Å². The second kappa shape index (κ2) is 6.61. The van der Waals surface area contributed by atoms with Crippen LogP contribution in [0.15, 0.2) is 29.3 Å². The lowest BCUT2D eigenvalue weighted by Crippen LogP contribution is -2.40. The van der Waals surface area contributed by atoms with Crippen LogP contribution < -0.4 is 10.3 Å². The largest absolute Gasteiger partial charge is 0.472 e. The highest BCUT2D eigenvalue weighted by Crippen LogP contribution is 2.34. The monoisotopic (exact) mass is 411 g/mol. The number of ether oxygens (including phenoxy) is 1. The Labute approximate surface area is 168 Å². The van der Waals surface area contributed by atoms with Gasteiger partial charge in [0, 0.05) is 6.04 Å². The van der Waals surface area contributed by atoms with Crippen LogP contribution in [0.25, 0.3) is 10.9 Å². The van der Waals surface area contributed by atoms with E-state index < -0.39 is 16.5 Å². The lowest BCUT2D eigenvalue weighted by Gasteiger charge is -2.28. The van der Waals surface area contributed by atoms with E-state index >= 15 is 0 Å². The van der Waals surface area contributed by atoms with Crippen LogP contribution in [0.1, 0.15) is 36.2 Å². The Morgan fingerprint density at radius 2 is 2.13 bits per heavy atom. The fraction of sp³-hybridized carbons (Fsp3) is 0.389. The maximum Gasteiger partial charge on any atom is 0.306 e. The van der Waals surface area contributed by atoms with Crippen molar-refractivity contribution in [3.63, 3.8) is 0 Å². The molecule has 1 saturated carbocycles. The predicted molar refractivity (Wildman–Crippen MR) is 102 cm³/mol. The maximum atomic E-state index is 13.0. The molecule has 5 rings (SSSR count). The van der Waals surface area contributed by atoms with E-state index in [1.54, 1.807) is 17.9 Å². The molecule has 1 amide bonds. The van der Waals surface area contributed by atoms with Gasteiger partial charge in [0.05, 0.1) is 28.5 Å². The molecule has 1 aliphatic heterocycles. The third kappa shape index (κ3) is 2.96. The molecule has 0 N–H and O–H groups in total. The molecule has 30 heavy (non-hydrogen) atoms. The van der Waals surface area contributed by atoms with E-state index in [2.05, 4.69) is 15.4 Å². The molecule has 2 aliphatic rings. The molecule has 0 radical (unpaired) electrons. The van der Waals surface area contributed by atoms with Gasteiger partial charge in [0.25, 0.3) is 11.5 Å². The number of hydrogen-bond acceptors (Lipinski definition) is 8. The zero-order chi connectivity index (χ0) is 21.0. The fourth-order valence-electron chi connectivity index (χ4n) is 3.56. The third-order valence-electron chi connectivity index (χ3n) is 5.32. The Morgan fingerprint density at radius 1 is 1.33 bits per heavy atom. The zero-order valence-electron chi connectivity index (χ0n) is 16.0. The summed E-state index contributed by atoms with van der Waals surface area (Å²) in [6.45, 7) is 2.11. The number of rotatable bonds is 5. The first-order valence-electron chi connectivity index (χ1n) is 9.46. The summed E-state index contributed by atoms with van der Waals surface area (Å²) in [6, 6.07) is 2.84. The van der Waals surface area contributed by atoms with Crippen LogP contribution in [-0.2, 0) is 6.54 Å². The molecule has 1 fully saturated rings. The lowest BCUT2D eigenvalue weighted by molar-refractivity contribution is -0.385. The second-order valence-corrected chi connectivity index (χ2v) is 7.51. The van der Waals surface area contributed by atoms with E-state index in [-0.39, 0.29) is 36.3 Å². The molecular formula is C18H17N7O5. The van der Waals surface area contributed by atoms with Gasteiger partial charge in [-0.25, -0.2) is 4.68 Å². The predicted octanol–water partition coefficient (Wildman–Crippen LogP) is 1.11. The first-order chi connectivity index (χ1) is 14.4. The summed E-state index contributed by atoms with van der Waals surface area (Å²) in [5.74, 6) is 0.233. The van der Waals surface area contributed by atoms with Gasteiger partial charge in [-0.1, -0.05) is 5.21 Å². The summed E-state index contributed by atoms with van der Waals surface area (Å²) >= 11 is 0. The quantitative estimate of drug-likeness (QED) is 0.449. The van der Waals surface area contributed by atoms with Crippen molar-refractivity contribution in [1.29, 1.82) is 0 Å². The molecule has 1 aliphatic carbocycles. The topological polar surface area (TPSA) is 138 Å². The van der Waals surface area contributed by atoms with Crippen LogP contribution in [0, 0.1) is 10.1 Å². The number of carbonyl (C=O) groups excluding carboxylic acids is 1. The highest BCUT2D eigenvalue weighted by Gasteiger charge is 2.37. The van der Waals surface area contributed by atoms with Gasteiger partial charge < -0.3 is 9.64 Å². The Morgan fingerprint density at radius 3 is 2.83 bits per heavy atom. The summed E-state index contributed by atoms with van der Waals surface area (Å²) < 4.78 is 8.30. The van der Waals surface area contributed by atoms with E-state index in [9.17, 15) is 19.7 Å². The van der Waals surface area contributed by atoms with Crippen molar-refractivity contribution in [2.75, 3.05) is 6.73 Å². The van der Waals surface area contributed by atoms with Crippen LogP contribution in [0.3, 0.4) is 0 Å². The van der Waals surface area contributed by atoms with Crippen LogP contribution in [0.2, 0.25) is 0 Å². The molecule has 1 aromatic carbocycles. The number of amides is 1. The molecule has 0 spiro atoms. The summed E-state index contributed by atoms with van der Waals surface area (Å²) in [5, 5.41) is 23.1. The Bertz CT molecular complexity index is 1250.